The Morgan fingerprint density at radius 3 is 3.00 bits per heavy atom. The van der Waals surface area contributed by atoms with Gasteiger partial charge in [-0.1, -0.05) is 15.9 Å². The van der Waals surface area contributed by atoms with Gasteiger partial charge in [0.05, 0.1) is 12.6 Å². The van der Waals surface area contributed by atoms with E-state index < -0.39 is 0 Å². The number of esters is 1. The van der Waals surface area contributed by atoms with Gasteiger partial charge in [-0.3, -0.25) is 4.68 Å². The Balaban J connectivity index is 2.14. The Bertz CT molecular complexity index is 617. The highest BCUT2D eigenvalue weighted by Gasteiger charge is 2.25. The molecule has 0 N–H and O–H groups in total. The van der Waals surface area contributed by atoms with Gasteiger partial charge in [0.25, 0.3) is 0 Å². The van der Waals surface area contributed by atoms with Crippen LogP contribution in [0, 0.1) is 5.92 Å². The van der Waals surface area contributed by atoms with Gasteiger partial charge in [-0.2, -0.15) is 5.10 Å². The van der Waals surface area contributed by atoms with Crippen molar-refractivity contribution in [1.82, 2.24) is 9.78 Å². The SMILES string of the molecule is COC(=O)c1nn(CC2CC2)c2ccc(Br)cc12. The number of halogens is 1. The van der Waals surface area contributed by atoms with Crippen LogP contribution in [0.4, 0.5) is 0 Å². The van der Waals surface area contributed by atoms with Gasteiger partial charge in [0.1, 0.15) is 0 Å². The van der Waals surface area contributed by atoms with Crippen LogP contribution in [0.1, 0.15) is 23.3 Å². The summed E-state index contributed by atoms with van der Waals surface area (Å²) in [4.78, 5) is 11.7. The quantitative estimate of drug-likeness (QED) is 0.819. The summed E-state index contributed by atoms with van der Waals surface area (Å²) >= 11 is 3.42. The lowest BCUT2D eigenvalue weighted by Gasteiger charge is -2.00. The molecule has 0 amide bonds. The van der Waals surface area contributed by atoms with Gasteiger partial charge < -0.3 is 4.74 Å². The van der Waals surface area contributed by atoms with Crippen LogP contribution in [-0.2, 0) is 11.3 Å². The zero-order chi connectivity index (χ0) is 12.7. The fourth-order valence-corrected chi connectivity index (χ4v) is 2.44. The molecule has 0 unspecified atom stereocenters. The molecular formula is C13H13BrN2O2. The molecule has 0 bridgehead atoms. The number of hydrogen-bond donors (Lipinski definition) is 0. The molecule has 3 rings (SSSR count). The predicted octanol–water partition coefficient (Wildman–Crippen LogP) is 3.00. The molecule has 1 heterocycles. The minimum absolute atomic E-state index is 0.382. The summed E-state index contributed by atoms with van der Waals surface area (Å²) in [5, 5.41) is 5.25. The minimum Gasteiger partial charge on any atom is -0.464 e. The average molecular weight is 309 g/mol. The summed E-state index contributed by atoms with van der Waals surface area (Å²) in [6, 6.07) is 5.87. The number of carbonyl (C=O) groups is 1. The van der Waals surface area contributed by atoms with Crippen molar-refractivity contribution >= 4 is 32.8 Å². The summed E-state index contributed by atoms with van der Waals surface area (Å²) in [7, 11) is 1.38. The smallest absolute Gasteiger partial charge is 0.359 e. The molecule has 1 fully saturated rings. The maximum absolute atomic E-state index is 11.7. The second-order valence-corrected chi connectivity index (χ2v) is 5.54. The van der Waals surface area contributed by atoms with Crippen LogP contribution in [0.15, 0.2) is 22.7 Å². The lowest BCUT2D eigenvalue weighted by Crippen LogP contribution is -2.06. The summed E-state index contributed by atoms with van der Waals surface area (Å²) < 4.78 is 7.65. The summed E-state index contributed by atoms with van der Waals surface area (Å²) in [5.41, 5.74) is 1.39. The molecule has 0 atom stereocenters. The van der Waals surface area contributed by atoms with Crippen molar-refractivity contribution < 1.29 is 9.53 Å². The maximum atomic E-state index is 11.7. The van der Waals surface area contributed by atoms with E-state index in [0.29, 0.717) is 11.6 Å². The van der Waals surface area contributed by atoms with Gasteiger partial charge in [-0.05, 0) is 37.0 Å². The largest absolute Gasteiger partial charge is 0.464 e. The second kappa shape index (κ2) is 4.39. The standard InChI is InChI=1S/C13H13BrN2O2/c1-18-13(17)12-10-6-9(14)4-5-11(10)16(15-12)7-8-2-3-8/h4-6,8H,2-3,7H2,1H3. The molecule has 2 aromatic rings. The fourth-order valence-electron chi connectivity index (χ4n) is 2.08. The number of rotatable bonds is 3. The van der Waals surface area contributed by atoms with E-state index in [0.717, 1.165) is 21.9 Å². The lowest BCUT2D eigenvalue weighted by atomic mass is 10.2. The van der Waals surface area contributed by atoms with Gasteiger partial charge in [0, 0.05) is 16.4 Å². The third-order valence-electron chi connectivity index (χ3n) is 3.22. The Kier molecular flexibility index (Phi) is 2.86. The lowest BCUT2D eigenvalue weighted by molar-refractivity contribution is 0.0595. The zero-order valence-electron chi connectivity index (χ0n) is 10.0. The number of fused-ring (bicyclic) bond motifs is 1. The molecule has 0 aliphatic heterocycles. The van der Waals surface area contributed by atoms with Crippen molar-refractivity contribution in [2.45, 2.75) is 19.4 Å². The van der Waals surface area contributed by atoms with Gasteiger partial charge >= 0.3 is 5.97 Å². The number of nitrogens with zero attached hydrogens (tertiary/aromatic N) is 2. The third kappa shape index (κ3) is 2.03. The van der Waals surface area contributed by atoms with Crippen molar-refractivity contribution in [3.63, 3.8) is 0 Å². The van der Waals surface area contributed by atoms with E-state index in [1.165, 1.54) is 20.0 Å². The number of benzene rings is 1. The van der Waals surface area contributed by atoms with E-state index in [1.54, 1.807) is 0 Å². The van der Waals surface area contributed by atoms with Crippen molar-refractivity contribution in [1.29, 1.82) is 0 Å². The monoisotopic (exact) mass is 308 g/mol. The van der Waals surface area contributed by atoms with Gasteiger partial charge in [-0.15, -0.1) is 0 Å². The van der Waals surface area contributed by atoms with Crippen LogP contribution in [0.2, 0.25) is 0 Å². The van der Waals surface area contributed by atoms with Crippen LogP contribution in [-0.4, -0.2) is 22.9 Å². The third-order valence-corrected chi connectivity index (χ3v) is 3.71. The molecule has 18 heavy (non-hydrogen) atoms. The zero-order valence-corrected chi connectivity index (χ0v) is 11.6. The number of ether oxygens (including phenoxy) is 1. The molecule has 1 aromatic carbocycles. The Morgan fingerprint density at radius 2 is 2.33 bits per heavy atom. The van der Waals surface area contributed by atoms with Crippen LogP contribution < -0.4 is 0 Å². The van der Waals surface area contributed by atoms with Gasteiger partial charge in [0.2, 0.25) is 0 Å². The molecule has 1 aliphatic carbocycles. The first-order valence-corrected chi connectivity index (χ1v) is 6.72. The first-order chi connectivity index (χ1) is 8.69. The number of hydrogen-bond acceptors (Lipinski definition) is 3. The van der Waals surface area contributed by atoms with Crippen molar-refractivity contribution in [3.8, 4) is 0 Å². The van der Waals surface area contributed by atoms with E-state index in [-0.39, 0.29) is 5.97 Å². The van der Waals surface area contributed by atoms with Gasteiger partial charge in [0.15, 0.2) is 5.69 Å². The first kappa shape index (κ1) is 11.7. The van der Waals surface area contributed by atoms with Crippen LogP contribution >= 0.6 is 15.9 Å². The molecule has 1 saturated carbocycles. The Hall–Kier alpha value is -1.36. The molecular weight excluding hydrogens is 296 g/mol. The second-order valence-electron chi connectivity index (χ2n) is 4.63. The highest BCUT2D eigenvalue weighted by Crippen LogP contribution is 2.32. The molecule has 0 radical (unpaired) electrons. The van der Waals surface area contributed by atoms with Crippen LogP contribution in [0.3, 0.4) is 0 Å². The molecule has 94 valence electrons. The van der Waals surface area contributed by atoms with E-state index in [9.17, 15) is 4.79 Å². The van der Waals surface area contributed by atoms with Crippen molar-refractivity contribution in [3.05, 3.63) is 28.4 Å². The maximum Gasteiger partial charge on any atom is 0.359 e. The fraction of sp³-hybridized carbons (Fsp3) is 0.385. The molecule has 1 aromatic heterocycles. The van der Waals surface area contributed by atoms with Crippen LogP contribution in [0.25, 0.3) is 10.9 Å². The Labute approximate surface area is 113 Å². The van der Waals surface area contributed by atoms with E-state index in [4.69, 9.17) is 4.74 Å². The molecule has 0 saturated heterocycles. The first-order valence-electron chi connectivity index (χ1n) is 5.93. The van der Waals surface area contributed by atoms with E-state index >= 15 is 0 Å². The molecule has 1 aliphatic rings. The summed E-state index contributed by atoms with van der Waals surface area (Å²) in [5.74, 6) is 0.329. The summed E-state index contributed by atoms with van der Waals surface area (Å²) in [6.45, 7) is 0.884. The van der Waals surface area contributed by atoms with Crippen molar-refractivity contribution in [2.24, 2.45) is 5.92 Å². The van der Waals surface area contributed by atoms with E-state index in [1.807, 2.05) is 22.9 Å². The molecule has 4 nitrogen and oxygen atoms in total. The number of methoxy groups -OCH3 is 1. The Morgan fingerprint density at radius 1 is 1.56 bits per heavy atom. The summed E-state index contributed by atoms with van der Waals surface area (Å²) in [6.07, 6.45) is 2.51. The van der Waals surface area contributed by atoms with Crippen molar-refractivity contribution in [2.75, 3.05) is 7.11 Å². The average Bonchev–Trinajstić information content (AvgIpc) is 3.11. The number of carbonyl (C=O) groups excluding carboxylic acids is 1. The highest BCUT2D eigenvalue weighted by molar-refractivity contribution is 9.10. The molecule has 5 heteroatoms. The number of aromatic nitrogens is 2. The topological polar surface area (TPSA) is 44.1 Å². The van der Waals surface area contributed by atoms with E-state index in [2.05, 4.69) is 21.0 Å². The molecule has 0 spiro atoms. The predicted molar refractivity (Wildman–Crippen MR) is 71.5 cm³/mol. The van der Waals surface area contributed by atoms with Gasteiger partial charge in [-0.25, -0.2) is 4.79 Å². The normalized spacial score (nSPS) is 15.0. The minimum atomic E-state index is -0.382. The highest BCUT2D eigenvalue weighted by atomic mass is 79.9. The van der Waals surface area contributed by atoms with Crippen LogP contribution in [0.5, 0.6) is 0 Å².